The van der Waals surface area contributed by atoms with E-state index in [1.165, 1.54) is 6.92 Å². The predicted octanol–water partition coefficient (Wildman–Crippen LogP) is 1.49. The minimum Gasteiger partial charge on any atom is -0.389 e. The molecule has 4 heteroatoms. The van der Waals surface area contributed by atoms with Gasteiger partial charge in [-0.15, -0.1) is 0 Å². The first-order valence-corrected chi connectivity index (χ1v) is 2.36. The molecule has 0 heterocycles. The van der Waals surface area contributed by atoms with Gasteiger partial charge in [-0.25, -0.2) is 0 Å². The average molecular weight is 140 g/mol. The van der Waals surface area contributed by atoms with Crippen molar-refractivity contribution < 1.29 is 18.3 Å². The van der Waals surface area contributed by atoms with Crippen molar-refractivity contribution >= 4 is 0 Å². The Labute approximate surface area is 50.8 Å². The van der Waals surface area contributed by atoms with Crippen LogP contribution in [0.1, 0.15) is 6.92 Å². The highest BCUT2D eigenvalue weighted by Crippen LogP contribution is 2.15. The molecule has 0 radical (unpaired) electrons. The molecule has 0 rings (SSSR count). The smallest absolute Gasteiger partial charge is 0.389 e. The van der Waals surface area contributed by atoms with Gasteiger partial charge in [-0.3, -0.25) is 0 Å². The van der Waals surface area contributed by atoms with Crippen molar-refractivity contribution in [2.24, 2.45) is 0 Å². The number of aliphatic hydroxyl groups excluding tert-OH is 1. The van der Waals surface area contributed by atoms with Gasteiger partial charge in [0.25, 0.3) is 0 Å². The molecular weight excluding hydrogens is 133 g/mol. The van der Waals surface area contributed by atoms with Crippen LogP contribution in [0.4, 0.5) is 13.2 Å². The molecule has 0 saturated carbocycles. The van der Waals surface area contributed by atoms with Gasteiger partial charge in [0.2, 0.25) is 0 Å². The first-order valence-electron chi connectivity index (χ1n) is 2.36. The van der Waals surface area contributed by atoms with Crippen molar-refractivity contribution in [3.05, 3.63) is 12.2 Å². The minimum atomic E-state index is -4.31. The first kappa shape index (κ1) is 8.49. The molecular formula is C5H7F3O. The molecule has 0 aliphatic rings. The van der Waals surface area contributed by atoms with Gasteiger partial charge in [-0.1, -0.05) is 6.08 Å². The predicted molar refractivity (Wildman–Crippen MR) is 26.9 cm³/mol. The summed E-state index contributed by atoms with van der Waals surface area (Å²) in [6.45, 7) is 1.25. The van der Waals surface area contributed by atoms with E-state index in [1.54, 1.807) is 0 Å². The fourth-order valence-electron chi connectivity index (χ4n) is 0.248. The number of aliphatic hydroxyl groups is 1. The highest BCUT2D eigenvalue weighted by molar-refractivity contribution is 4.91. The van der Waals surface area contributed by atoms with Gasteiger partial charge in [0.15, 0.2) is 0 Å². The number of halogens is 3. The van der Waals surface area contributed by atoms with E-state index in [0.29, 0.717) is 6.08 Å². The largest absolute Gasteiger partial charge is 0.409 e. The van der Waals surface area contributed by atoms with E-state index in [4.69, 9.17) is 5.11 Å². The molecule has 1 nitrogen and oxygen atoms in total. The molecule has 1 unspecified atom stereocenters. The lowest BCUT2D eigenvalue weighted by atomic mass is 10.3. The lowest BCUT2D eigenvalue weighted by molar-refractivity contribution is -0.0805. The second-order valence-corrected chi connectivity index (χ2v) is 1.64. The Hall–Kier alpha value is -0.510. The molecule has 1 N–H and O–H groups in total. The lowest BCUT2D eigenvalue weighted by Gasteiger charge is -1.97. The van der Waals surface area contributed by atoms with Crippen LogP contribution in [0.25, 0.3) is 0 Å². The number of hydrogen-bond donors (Lipinski definition) is 1. The Morgan fingerprint density at radius 3 is 2.00 bits per heavy atom. The van der Waals surface area contributed by atoms with Crippen molar-refractivity contribution in [3.63, 3.8) is 0 Å². The van der Waals surface area contributed by atoms with Crippen molar-refractivity contribution in [2.45, 2.75) is 19.2 Å². The van der Waals surface area contributed by atoms with Crippen LogP contribution in [-0.4, -0.2) is 17.4 Å². The summed E-state index contributed by atoms with van der Waals surface area (Å²) in [5.74, 6) is 0. The van der Waals surface area contributed by atoms with Gasteiger partial charge in [0, 0.05) is 6.08 Å². The molecule has 1 atom stereocenters. The molecule has 0 fully saturated rings. The van der Waals surface area contributed by atoms with Crippen molar-refractivity contribution in [1.82, 2.24) is 0 Å². The van der Waals surface area contributed by atoms with Crippen LogP contribution in [0.5, 0.6) is 0 Å². The molecule has 0 aliphatic heterocycles. The van der Waals surface area contributed by atoms with Gasteiger partial charge >= 0.3 is 6.18 Å². The molecule has 0 saturated heterocycles. The number of alkyl halides is 3. The summed E-state index contributed by atoms with van der Waals surface area (Å²) in [6, 6.07) is 0. The van der Waals surface area contributed by atoms with Gasteiger partial charge in [-0.2, -0.15) is 13.2 Å². The van der Waals surface area contributed by atoms with Crippen LogP contribution in [0, 0.1) is 0 Å². The van der Waals surface area contributed by atoms with E-state index in [1.807, 2.05) is 0 Å². The zero-order chi connectivity index (χ0) is 7.49. The third-order valence-corrected chi connectivity index (χ3v) is 0.564. The lowest BCUT2D eigenvalue weighted by Crippen LogP contribution is -2.03. The normalized spacial score (nSPS) is 16.6. The van der Waals surface area contributed by atoms with Crippen molar-refractivity contribution in [3.8, 4) is 0 Å². The van der Waals surface area contributed by atoms with E-state index in [9.17, 15) is 13.2 Å². The summed E-state index contributed by atoms with van der Waals surface area (Å²) in [5, 5.41) is 8.33. The molecule has 54 valence electrons. The quantitative estimate of drug-likeness (QED) is 0.547. The summed E-state index contributed by atoms with van der Waals surface area (Å²) in [6.07, 6.45) is -4.65. The number of hydrogen-bond acceptors (Lipinski definition) is 1. The maximum absolute atomic E-state index is 11.2. The van der Waals surface area contributed by atoms with Gasteiger partial charge in [0.05, 0.1) is 6.10 Å². The maximum atomic E-state index is 11.2. The fraction of sp³-hybridized carbons (Fsp3) is 0.600. The Balaban J connectivity index is 3.71. The Kier molecular flexibility index (Phi) is 2.70. The minimum absolute atomic E-state index is 0.0116. The number of rotatable bonds is 1. The highest BCUT2D eigenvalue weighted by Gasteiger charge is 2.21. The van der Waals surface area contributed by atoms with Gasteiger partial charge in [-0.05, 0) is 6.92 Å². The third kappa shape index (κ3) is 7.49. The topological polar surface area (TPSA) is 20.2 Å². The Morgan fingerprint density at radius 1 is 1.44 bits per heavy atom. The molecule has 0 bridgehead atoms. The van der Waals surface area contributed by atoms with Crippen molar-refractivity contribution in [1.29, 1.82) is 0 Å². The van der Waals surface area contributed by atoms with E-state index >= 15 is 0 Å². The van der Waals surface area contributed by atoms with Gasteiger partial charge < -0.3 is 5.11 Å². The molecule has 0 aliphatic carbocycles. The summed E-state index contributed by atoms with van der Waals surface area (Å²) in [7, 11) is 0. The second kappa shape index (κ2) is 2.87. The first-order chi connectivity index (χ1) is 3.92. The summed E-state index contributed by atoms with van der Waals surface area (Å²) in [4.78, 5) is 0. The van der Waals surface area contributed by atoms with Crippen LogP contribution in [0.2, 0.25) is 0 Å². The summed E-state index contributed by atoms with van der Waals surface area (Å²) >= 11 is 0. The van der Waals surface area contributed by atoms with Crippen LogP contribution in [-0.2, 0) is 0 Å². The van der Waals surface area contributed by atoms with Crippen LogP contribution in [0.15, 0.2) is 12.2 Å². The summed E-state index contributed by atoms with van der Waals surface area (Å²) < 4.78 is 33.7. The van der Waals surface area contributed by atoms with Gasteiger partial charge in [0.1, 0.15) is 0 Å². The Morgan fingerprint density at radius 2 is 1.89 bits per heavy atom. The molecule has 9 heavy (non-hydrogen) atoms. The third-order valence-electron chi connectivity index (χ3n) is 0.564. The molecule has 0 aromatic rings. The number of allylic oxidation sites excluding steroid dienone is 1. The summed E-state index contributed by atoms with van der Waals surface area (Å²) in [5.41, 5.74) is 0. The average Bonchev–Trinajstić information content (AvgIpc) is 1.59. The van der Waals surface area contributed by atoms with Crippen LogP contribution >= 0.6 is 0 Å². The van der Waals surface area contributed by atoms with E-state index in [0.717, 1.165) is 0 Å². The molecule has 0 spiro atoms. The van der Waals surface area contributed by atoms with E-state index < -0.39 is 12.3 Å². The zero-order valence-electron chi connectivity index (χ0n) is 4.81. The SMILES string of the molecule is CC(O)C=CC(F)(F)F. The monoisotopic (exact) mass is 140 g/mol. The van der Waals surface area contributed by atoms with E-state index in [2.05, 4.69) is 0 Å². The van der Waals surface area contributed by atoms with Crippen LogP contribution in [0.3, 0.4) is 0 Å². The van der Waals surface area contributed by atoms with E-state index in [-0.39, 0.29) is 6.08 Å². The standard InChI is InChI=1S/C5H7F3O/c1-4(9)2-3-5(6,7)8/h2-4,9H,1H3. The molecule has 0 aromatic carbocycles. The fourth-order valence-corrected chi connectivity index (χ4v) is 0.248. The van der Waals surface area contributed by atoms with Crippen LogP contribution < -0.4 is 0 Å². The Bertz CT molecular complexity index is 103. The van der Waals surface area contributed by atoms with Crippen molar-refractivity contribution in [2.75, 3.05) is 0 Å². The second-order valence-electron chi connectivity index (χ2n) is 1.64. The highest BCUT2D eigenvalue weighted by atomic mass is 19.4. The molecule has 0 amide bonds. The molecule has 0 aromatic heterocycles. The maximum Gasteiger partial charge on any atom is 0.409 e. The zero-order valence-corrected chi connectivity index (χ0v) is 4.81.